The van der Waals surface area contributed by atoms with Gasteiger partial charge in [0.1, 0.15) is 12.4 Å². The molecule has 0 bridgehead atoms. The number of halogens is 2. The fourth-order valence-electron chi connectivity index (χ4n) is 1.89. The summed E-state index contributed by atoms with van der Waals surface area (Å²) in [7, 11) is -1.73. The van der Waals surface area contributed by atoms with Crippen LogP contribution in [0.3, 0.4) is 0 Å². The van der Waals surface area contributed by atoms with E-state index in [1.54, 1.807) is 12.3 Å². The SMILES string of the molecule is CC(C)(C)[Si](C)(C)OCCOc1cc2nccc(Cl)c2cc1Br. The first kappa shape index (κ1) is 18.7. The summed E-state index contributed by atoms with van der Waals surface area (Å²) in [5.41, 5.74) is 0.820. The molecule has 1 aromatic heterocycles. The van der Waals surface area contributed by atoms with Crippen LogP contribution in [0.5, 0.6) is 5.75 Å². The van der Waals surface area contributed by atoms with Crippen LogP contribution in [-0.2, 0) is 4.43 Å². The lowest BCUT2D eigenvalue weighted by Gasteiger charge is -2.36. The minimum absolute atomic E-state index is 0.206. The fourth-order valence-corrected chi connectivity index (χ4v) is 3.58. The van der Waals surface area contributed by atoms with E-state index in [1.807, 2.05) is 12.1 Å². The molecule has 1 aromatic carbocycles. The van der Waals surface area contributed by atoms with E-state index in [2.05, 4.69) is 54.8 Å². The lowest BCUT2D eigenvalue weighted by Crippen LogP contribution is -2.41. The van der Waals surface area contributed by atoms with Crippen molar-refractivity contribution >= 4 is 46.8 Å². The van der Waals surface area contributed by atoms with E-state index in [9.17, 15) is 0 Å². The predicted octanol–water partition coefficient (Wildman–Crippen LogP) is 6.05. The summed E-state index contributed by atoms with van der Waals surface area (Å²) < 4.78 is 12.9. The van der Waals surface area contributed by atoms with Gasteiger partial charge in [0, 0.05) is 17.6 Å². The molecule has 6 heteroatoms. The van der Waals surface area contributed by atoms with Crippen LogP contribution in [0, 0.1) is 0 Å². The van der Waals surface area contributed by atoms with Gasteiger partial charge in [-0.2, -0.15) is 0 Å². The molecule has 0 saturated heterocycles. The number of pyridine rings is 1. The van der Waals surface area contributed by atoms with Crippen molar-refractivity contribution in [3.8, 4) is 5.75 Å². The Labute approximate surface area is 152 Å². The average molecular weight is 417 g/mol. The van der Waals surface area contributed by atoms with Gasteiger partial charge in [-0.15, -0.1) is 0 Å². The molecule has 0 radical (unpaired) electrons. The normalized spacial score (nSPS) is 12.7. The molecule has 2 aromatic rings. The van der Waals surface area contributed by atoms with E-state index in [0.29, 0.717) is 18.2 Å². The zero-order chi connectivity index (χ0) is 17.3. The average Bonchev–Trinajstić information content (AvgIpc) is 2.44. The third-order valence-corrected chi connectivity index (χ3v) is 9.84. The quantitative estimate of drug-likeness (QED) is 0.439. The van der Waals surface area contributed by atoms with Crippen LogP contribution in [0.4, 0.5) is 0 Å². The molecular formula is C17H23BrClNO2Si. The van der Waals surface area contributed by atoms with E-state index in [1.165, 1.54) is 0 Å². The third-order valence-electron chi connectivity index (χ3n) is 4.35. The number of fused-ring (bicyclic) bond motifs is 1. The van der Waals surface area contributed by atoms with Gasteiger partial charge < -0.3 is 9.16 Å². The van der Waals surface area contributed by atoms with Gasteiger partial charge in [-0.25, -0.2) is 0 Å². The number of ether oxygens (including phenoxy) is 1. The lowest BCUT2D eigenvalue weighted by molar-refractivity contribution is 0.203. The Kier molecular flexibility index (Phi) is 5.77. The Morgan fingerprint density at radius 2 is 1.91 bits per heavy atom. The molecule has 23 heavy (non-hydrogen) atoms. The molecule has 126 valence electrons. The highest BCUT2D eigenvalue weighted by atomic mass is 79.9. The molecule has 1 heterocycles. The van der Waals surface area contributed by atoms with Crippen molar-refractivity contribution in [3.05, 3.63) is 33.9 Å². The number of hydrogen-bond acceptors (Lipinski definition) is 3. The molecule has 2 rings (SSSR count). The molecule has 0 saturated carbocycles. The summed E-state index contributed by atoms with van der Waals surface area (Å²) in [5.74, 6) is 0.756. The molecule has 0 aliphatic heterocycles. The molecular weight excluding hydrogens is 394 g/mol. The first-order valence-corrected chi connectivity index (χ1v) is 11.7. The smallest absolute Gasteiger partial charge is 0.192 e. The molecule has 0 amide bonds. The summed E-state index contributed by atoms with van der Waals surface area (Å²) in [5, 5.41) is 1.80. The zero-order valence-electron chi connectivity index (χ0n) is 14.2. The van der Waals surface area contributed by atoms with Gasteiger partial charge in [0.2, 0.25) is 0 Å². The van der Waals surface area contributed by atoms with Crippen LogP contribution >= 0.6 is 27.5 Å². The van der Waals surface area contributed by atoms with Crippen molar-refractivity contribution in [1.82, 2.24) is 4.98 Å². The van der Waals surface area contributed by atoms with Crippen LogP contribution in [-0.4, -0.2) is 26.5 Å². The van der Waals surface area contributed by atoms with Crippen molar-refractivity contribution < 1.29 is 9.16 Å². The Balaban J connectivity index is 2.02. The molecule has 0 aliphatic carbocycles. The molecule has 0 fully saturated rings. The fraction of sp³-hybridized carbons (Fsp3) is 0.471. The highest BCUT2D eigenvalue weighted by Crippen LogP contribution is 2.36. The summed E-state index contributed by atoms with van der Waals surface area (Å²) >= 11 is 9.72. The maximum absolute atomic E-state index is 6.18. The van der Waals surface area contributed by atoms with E-state index in [4.69, 9.17) is 20.8 Å². The van der Waals surface area contributed by atoms with E-state index in [-0.39, 0.29) is 5.04 Å². The first-order chi connectivity index (χ1) is 10.6. The van der Waals surface area contributed by atoms with E-state index in [0.717, 1.165) is 21.1 Å². The van der Waals surface area contributed by atoms with E-state index < -0.39 is 8.32 Å². The molecule has 0 unspecified atom stereocenters. The first-order valence-electron chi connectivity index (χ1n) is 7.62. The topological polar surface area (TPSA) is 31.4 Å². The molecule has 3 nitrogen and oxygen atoms in total. The van der Waals surface area contributed by atoms with E-state index >= 15 is 0 Å². The van der Waals surface area contributed by atoms with Crippen molar-refractivity contribution in [3.63, 3.8) is 0 Å². The Hall–Kier alpha value is -0.623. The largest absolute Gasteiger partial charge is 0.490 e. The second kappa shape index (κ2) is 7.09. The summed E-state index contributed by atoms with van der Waals surface area (Å²) in [6.07, 6.45) is 1.70. The number of benzene rings is 1. The van der Waals surface area contributed by atoms with Gasteiger partial charge in [0.15, 0.2) is 8.32 Å². The van der Waals surface area contributed by atoms with Gasteiger partial charge in [-0.3, -0.25) is 4.98 Å². The molecule has 0 aliphatic rings. The monoisotopic (exact) mass is 415 g/mol. The number of aromatic nitrogens is 1. The molecule has 0 N–H and O–H groups in total. The maximum atomic E-state index is 6.18. The zero-order valence-corrected chi connectivity index (χ0v) is 17.6. The van der Waals surface area contributed by atoms with Crippen LogP contribution in [0.1, 0.15) is 20.8 Å². The summed E-state index contributed by atoms with van der Waals surface area (Å²) in [4.78, 5) is 4.33. The Morgan fingerprint density at radius 1 is 1.22 bits per heavy atom. The molecule has 0 atom stereocenters. The molecule has 0 spiro atoms. The summed E-state index contributed by atoms with van der Waals surface area (Å²) in [6, 6.07) is 5.62. The van der Waals surface area contributed by atoms with Crippen molar-refractivity contribution in [1.29, 1.82) is 0 Å². The number of rotatable bonds is 5. The highest BCUT2D eigenvalue weighted by Gasteiger charge is 2.36. The second-order valence-corrected chi connectivity index (χ2v) is 13.1. The van der Waals surface area contributed by atoms with Crippen LogP contribution in [0.15, 0.2) is 28.9 Å². The van der Waals surface area contributed by atoms with Crippen molar-refractivity contribution in [2.75, 3.05) is 13.2 Å². The van der Waals surface area contributed by atoms with Gasteiger partial charge in [0.25, 0.3) is 0 Å². The van der Waals surface area contributed by atoms with Gasteiger partial charge in [0.05, 0.1) is 21.6 Å². The van der Waals surface area contributed by atoms with Gasteiger partial charge >= 0.3 is 0 Å². The maximum Gasteiger partial charge on any atom is 0.192 e. The second-order valence-electron chi connectivity index (χ2n) is 7.05. The Morgan fingerprint density at radius 3 is 2.57 bits per heavy atom. The van der Waals surface area contributed by atoms with Gasteiger partial charge in [-0.05, 0) is 46.2 Å². The highest BCUT2D eigenvalue weighted by molar-refractivity contribution is 9.10. The third kappa shape index (κ3) is 4.47. The lowest BCUT2D eigenvalue weighted by atomic mass is 10.2. The van der Waals surface area contributed by atoms with Crippen LogP contribution in [0.25, 0.3) is 10.9 Å². The van der Waals surface area contributed by atoms with Crippen molar-refractivity contribution in [2.45, 2.75) is 38.9 Å². The number of nitrogens with zero attached hydrogens (tertiary/aromatic N) is 1. The van der Waals surface area contributed by atoms with Crippen molar-refractivity contribution in [2.24, 2.45) is 0 Å². The van der Waals surface area contributed by atoms with Gasteiger partial charge in [-0.1, -0.05) is 32.4 Å². The van der Waals surface area contributed by atoms with Crippen LogP contribution < -0.4 is 4.74 Å². The predicted molar refractivity (Wildman–Crippen MR) is 103 cm³/mol. The minimum Gasteiger partial charge on any atom is -0.490 e. The number of hydrogen-bond donors (Lipinski definition) is 0. The summed E-state index contributed by atoms with van der Waals surface area (Å²) in [6.45, 7) is 12.3. The van der Waals surface area contributed by atoms with Crippen LogP contribution in [0.2, 0.25) is 23.2 Å². The Bertz CT molecular complexity index is 701. The minimum atomic E-state index is -1.73. The standard InChI is InChI=1S/C17H23BrClNO2Si/c1-17(2,3)23(4,5)22-9-8-21-16-11-15-12(10-13(16)18)14(19)6-7-20-15/h6-7,10-11H,8-9H2,1-5H3.